The first-order chi connectivity index (χ1) is 10.1. The fourth-order valence-electron chi connectivity index (χ4n) is 2.76. The Labute approximate surface area is 135 Å². The van der Waals surface area contributed by atoms with Gasteiger partial charge in [-0.2, -0.15) is 0 Å². The fraction of sp³-hybridized carbons (Fsp3) is 0.294. The Bertz CT molecular complexity index is 644. The molecule has 1 N–H and O–H groups in total. The second kappa shape index (κ2) is 6.37. The maximum atomic E-state index is 6.29. The highest BCUT2D eigenvalue weighted by Gasteiger charge is 2.22. The van der Waals surface area contributed by atoms with Gasteiger partial charge in [-0.1, -0.05) is 53.5 Å². The molecule has 2 atom stereocenters. The molecule has 1 heterocycles. The van der Waals surface area contributed by atoms with Crippen LogP contribution in [0.25, 0.3) is 0 Å². The van der Waals surface area contributed by atoms with Gasteiger partial charge in [0, 0.05) is 16.1 Å². The van der Waals surface area contributed by atoms with Gasteiger partial charge in [-0.05, 0) is 35.7 Å². The van der Waals surface area contributed by atoms with E-state index in [1.54, 1.807) is 6.07 Å². The molecule has 0 saturated carbocycles. The van der Waals surface area contributed by atoms with E-state index in [1.165, 1.54) is 11.1 Å². The predicted molar refractivity (Wildman–Crippen MR) is 86.9 cm³/mol. The Morgan fingerprint density at radius 1 is 1.19 bits per heavy atom. The van der Waals surface area contributed by atoms with Gasteiger partial charge >= 0.3 is 0 Å². The van der Waals surface area contributed by atoms with Crippen molar-refractivity contribution in [1.29, 1.82) is 0 Å². The summed E-state index contributed by atoms with van der Waals surface area (Å²) in [6.45, 7) is 3.46. The monoisotopic (exact) mass is 321 g/mol. The molecule has 0 aromatic heterocycles. The number of ether oxygens (including phenoxy) is 1. The Morgan fingerprint density at radius 2 is 2.00 bits per heavy atom. The molecule has 0 spiro atoms. The number of hydrogen-bond acceptors (Lipinski definition) is 2. The third-order valence-corrected chi connectivity index (χ3v) is 4.42. The normalized spacial score (nSPS) is 19.1. The molecule has 2 aromatic rings. The van der Waals surface area contributed by atoms with Crippen molar-refractivity contribution in [2.75, 3.05) is 6.61 Å². The van der Waals surface area contributed by atoms with Gasteiger partial charge in [-0.25, -0.2) is 0 Å². The van der Waals surface area contributed by atoms with Crippen LogP contribution in [0.5, 0.6) is 0 Å². The number of halogens is 2. The molecule has 0 fully saturated rings. The molecule has 21 heavy (non-hydrogen) atoms. The lowest BCUT2D eigenvalue weighted by atomic mass is 9.97. The summed E-state index contributed by atoms with van der Waals surface area (Å²) in [7, 11) is 0. The van der Waals surface area contributed by atoms with Gasteiger partial charge in [-0.3, -0.25) is 0 Å². The lowest BCUT2D eigenvalue weighted by Crippen LogP contribution is -2.31. The van der Waals surface area contributed by atoms with E-state index in [9.17, 15) is 0 Å². The van der Waals surface area contributed by atoms with Crippen LogP contribution in [0.2, 0.25) is 10.0 Å². The zero-order valence-corrected chi connectivity index (χ0v) is 13.3. The van der Waals surface area contributed by atoms with E-state index in [2.05, 4.69) is 30.4 Å². The minimum absolute atomic E-state index is 0.120. The van der Waals surface area contributed by atoms with Crippen LogP contribution in [-0.2, 0) is 11.3 Å². The lowest BCUT2D eigenvalue weighted by Gasteiger charge is -2.29. The van der Waals surface area contributed by atoms with Crippen molar-refractivity contribution in [3.8, 4) is 0 Å². The summed E-state index contributed by atoms with van der Waals surface area (Å²) in [4.78, 5) is 0. The molecule has 2 aromatic carbocycles. The van der Waals surface area contributed by atoms with Crippen LogP contribution >= 0.6 is 23.2 Å². The van der Waals surface area contributed by atoms with E-state index in [4.69, 9.17) is 27.9 Å². The first kappa shape index (κ1) is 14.9. The lowest BCUT2D eigenvalue weighted by molar-refractivity contribution is 0.0791. The molecule has 0 bridgehead atoms. The summed E-state index contributed by atoms with van der Waals surface area (Å²) in [5.41, 5.74) is 3.60. The van der Waals surface area contributed by atoms with Crippen LogP contribution in [0.3, 0.4) is 0 Å². The average Bonchev–Trinajstić information content (AvgIpc) is 2.47. The van der Waals surface area contributed by atoms with E-state index < -0.39 is 0 Å². The topological polar surface area (TPSA) is 21.3 Å². The van der Waals surface area contributed by atoms with E-state index in [-0.39, 0.29) is 12.1 Å². The maximum absolute atomic E-state index is 6.29. The predicted octanol–water partition coefficient (Wildman–Crippen LogP) is 4.92. The van der Waals surface area contributed by atoms with Gasteiger partial charge in [0.2, 0.25) is 0 Å². The molecule has 4 heteroatoms. The Balaban J connectivity index is 1.81. The van der Waals surface area contributed by atoms with Crippen LogP contribution in [0, 0.1) is 0 Å². The van der Waals surface area contributed by atoms with Crippen LogP contribution in [-0.4, -0.2) is 6.61 Å². The maximum Gasteiger partial charge on any atom is 0.0721 e. The minimum atomic E-state index is 0.120. The SMILES string of the molecule is CC(NC1COCc2ccccc21)c1ccc(Cl)cc1Cl. The second-order valence-electron chi connectivity index (χ2n) is 5.32. The average molecular weight is 322 g/mol. The number of fused-ring (bicyclic) bond motifs is 1. The summed E-state index contributed by atoms with van der Waals surface area (Å²) in [6, 6.07) is 14.3. The Kier molecular flexibility index (Phi) is 4.51. The number of nitrogens with one attached hydrogen (secondary N) is 1. The van der Waals surface area contributed by atoms with Crippen molar-refractivity contribution in [2.45, 2.75) is 25.6 Å². The van der Waals surface area contributed by atoms with E-state index in [0.717, 1.165) is 5.56 Å². The zero-order valence-electron chi connectivity index (χ0n) is 11.8. The summed E-state index contributed by atoms with van der Waals surface area (Å²) >= 11 is 12.2. The second-order valence-corrected chi connectivity index (χ2v) is 6.16. The van der Waals surface area contributed by atoms with Gasteiger partial charge in [0.05, 0.1) is 19.3 Å². The van der Waals surface area contributed by atoms with Gasteiger partial charge in [0.1, 0.15) is 0 Å². The van der Waals surface area contributed by atoms with Crippen LogP contribution in [0.15, 0.2) is 42.5 Å². The Morgan fingerprint density at radius 3 is 2.81 bits per heavy atom. The quantitative estimate of drug-likeness (QED) is 0.866. The van der Waals surface area contributed by atoms with Crippen LogP contribution in [0.1, 0.15) is 35.7 Å². The van der Waals surface area contributed by atoms with Gasteiger partial charge < -0.3 is 10.1 Å². The smallest absolute Gasteiger partial charge is 0.0721 e. The molecular formula is C17H17Cl2NO. The number of rotatable bonds is 3. The molecular weight excluding hydrogens is 305 g/mol. The van der Waals surface area contributed by atoms with Crippen molar-refractivity contribution >= 4 is 23.2 Å². The van der Waals surface area contributed by atoms with Gasteiger partial charge in [0.15, 0.2) is 0 Å². The largest absolute Gasteiger partial charge is 0.375 e. The van der Waals surface area contributed by atoms with Crippen LogP contribution < -0.4 is 5.32 Å². The molecule has 0 saturated heterocycles. The Hall–Kier alpha value is -1.06. The van der Waals surface area contributed by atoms with E-state index in [1.807, 2.05) is 18.2 Å². The molecule has 1 aliphatic rings. The standard InChI is InChI=1S/C17H17Cl2NO/c1-11(14-7-6-13(18)8-16(14)19)20-17-10-21-9-12-4-2-3-5-15(12)17/h2-8,11,17,20H,9-10H2,1H3. The molecule has 2 unspecified atom stereocenters. The minimum Gasteiger partial charge on any atom is -0.375 e. The molecule has 1 aliphatic heterocycles. The summed E-state index contributed by atoms with van der Waals surface area (Å²) < 4.78 is 5.68. The van der Waals surface area contributed by atoms with E-state index in [0.29, 0.717) is 23.3 Å². The fourth-order valence-corrected chi connectivity index (χ4v) is 3.34. The highest BCUT2D eigenvalue weighted by Crippen LogP contribution is 2.30. The van der Waals surface area contributed by atoms with Crippen molar-refractivity contribution in [3.05, 3.63) is 69.2 Å². The van der Waals surface area contributed by atoms with E-state index >= 15 is 0 Å². The number of hydrogen-bond donors (Lipinski definition) is 1. The molecule has 0 amide bonds. The van der Waals surface area contributed by atoms with Crippen molar-refractivity contribution < 1.29 is 4.74 Å². The third-order valence-electron chi connectivity index (χ3n) is 3.85. The summed E-state index contributed by atoms with van der Waals surface area (Å²) in [6.07, 6.45) is 0. The van der Waals surface area contributed by atoms with Crippen molar-refractivity contribution in [1.82, 2.24) is 5.32 Å². The van der Waals surface area contributed by atoms with Crippen molar-refractivity contribution in [3.63, 3.8) is 0 Å². The highest BCUT2D eigenvalue weighted by atomic mass is 35.5. The van der Waals surface area contributed by atoms with Crippen molar-refractivity contribution in [2.24, 2.45) is 0 Å². The molecule has 110 valence electrons. The molecule has 2 nitrogen and oxygen atoms in total. The van der Waals surface area contributed by atoms with Crippen LogP contribution in [0.4, 0.5) is 0 Å². The number of benzene rings is 2. The summed E-state index contributed by atoms with van der Waals surface area (Å²) in [5.74, 6) is 0. The first-order valence-electron chi connectivity index (χ1n) is 7.01. The first-order valence-corrected chi connectivity index (χ1v) is 7.77. The summed E-state index contributed by atoms with van der Waals surface area (Å²) in [5, 5.41) is 4.94. The third kappa shape index (κ3) is 3.24. The highest BCUT2D eigenvalue weighted by molar-refractivity contribution is 6.35. The molecule has 0 radical (unpaired) electrons. The molecule has 3 rings (SSSR count). The van der Waals surface area contributed by atoms with Gasteiger partial charge in [0.25, 0.3) is 0 Å². The molecule has 0 aliphatic carbocycles. The van der Waals surface area contributed by atoms with Gasteiger partial charge in [-0.15, -0.1) is 0 Å². The zero-order chi connectivity index (χ0) is 14.8.